The van der Waals surface area contributed by atoms with Crippen molar-refractivity contribution in [3.05, 3.63) is 46.1 Å². The minimum Gasteiger partial charge on any atom is -0.463 e. The van der Waals surface area contributed by atoms with E-state index >= 15 is 0 Å². The molecule has 3 rings (SSSR count). The lowest BCUT2D eigenvalue weighted by Crippen LogP contribution is -2.48. The molecule has 2 aliphatic heterocycles. The van der Waals surface area contributed by atoms with E-state index in [1.165, 1.54) is 0 Å². The normalized spacial score (nSPS) is 21.0. The molecule has 0 aromatic heterocycles. The average molecular weight is 364 g/mol. The third-order valence-corrected chi connectivity index (χ3v) is 4.68. The minimum absolute atomic E-state index is 0.278. The van der Waals surface area contributed by atoms with Crippen LogP contribution in [-0.4, -0.2) is 43.1 Å². The molecule has 0 spiro atoms. The summed E-state index contributed by atoms with van der Waals surface area (Å²) >= 11 is 5.96. The number of carbonyl (C=O) groups is 2. The average Bonchev–Trinajstić information content (AvgIpc) is 3.08. The van der Waals surface area contributed by atoms with Gasteiger partial charge in [0, 0.05) is 17.3 Å². The van der Waals surface area contributed by atoms with Crippen molar-refractivity contribution in [3.63, 3.8) is 0 Å². The van der Waals surface area contributed by atoms with Crippen LogP contribution in [0.15, 0.2) is 35.5 Å². The first kappa shape index (κ1) is 17.8. The first-order chi connectivity index (χ1) is 12.1. The highest BCUT2D eigenvalue weighted by atomic mass is 35.5. The van der Waals surface area contributed by atoms with Gasteiger partial charge in [-0.1, -0.05) is 23.7 Å². The molecule has 0 saturated carbocycles. The van der Waals surface area contributed by atoms with Crippen LogP contribution in [0.2, 0.25) is 5.02 Å². The van der Waals surface area contributed by atoms with Crippen molar-refractivity contribution in [2.75, 3.05) is 26.2 Å². The van der Waals surface area contributed by atoms with Gasteiger partial charge in [-0.2, -0.15) is 0 Å². The Hall–Kier alpha value is -2.05. The van der Waals surface area contributed by atoms with Gasteiger partial charge < -0.3 is 15.4 Å². The number of likely N-dealkylation sites (tertiary alicyclic amines) is 1. The van der Waals surface area contributed by atoms with Crippen molar-refractivity contribution in [1.29, 1.82) is 0 Å². The van der Waals surface area contributed by atoms with Crippen LogP contribution in [0.1, 0.15) is 31.4 Å². The number of benzene rings is 1. The van der Waals surface area contributed by atoms with Crippen LogP contribution in [-0.2, 0) is 9.53 Å². The van der Waals surface area contributed by atoms with E-state index in [2.05, 4.69) is 15.5 Å². The van der Waals surface area contributed by atoms with E-state index in [1.807, 2.05) is 12.1 Å². The zero-order valence-electron chi connectivity index (χ0n) is 14.2. The van der Waals surface area contributed by atoms with E-state index in [9.17, 15) is 9.59 Å². The molecule has 0 radical (unpaired) electrons. The maximum Gasteiger partial charge on any atom is 0.338 e. The summed E-state index contributed by atoms with van der Waals surface area (Å²) < 4.78 is 5.25. The Bertz CT molecular complexity index is 681. The topological polar surface area (TPSA) is 70.7 Å². The maximum atomic E-state index is 12.6. The number of carbonyl (C=O) groups excluding carboxylic acids is 2. The number of hydrogen-bond acceptors (Lipinski definition) is 4. The number of halogens is 1. The van der Waals surface area contributed by atoms with Crippen molar-refractivity contribution >= 4 is 23.6 Å². The smallest absolute Gasteiger partial charge is 0.338 e. The molecule has 1 fully saturated rings. The Balaban J connectivity index is 1.98. The zero-order chi connectivity index (χ0) is 17.8. The molecule has 2 amide bonds. The number of amides is 2. The van der Waals surface area contributed by atoms with Crippen LogP contribution in [0.4, 0.5) is 4.79 Å². The van der Waals surface area contributed by atoms with Gasteiger partial charge in [0.1, 0.15) is 0 Å². The second kappa shape index (κ2) is 7.89. The van der Waals surface area contributed by atoms with Crippen molar-refractivity contribution in [1.82, 2.24) is 15.5 Å². The summed E-state index contributed by atoms with van der Waals surface area (Å²) in [6.45, 7) is 4.51. The minimum atomic E-state index is -0.553. The van der Waals surface area contributed by atoms with E-state index in [1.54, 1.807) is 19.1 Å². The fraction of sp³-hybridized carbons (Fsp3) is 0.444. The van der Waals surface area contributed by atoms with Crippen LogP contribution in [0.25, 0.3) is 0 Å². The molecule has 2 heterocycles. The van der Waals surface area contributed by atoms with Crippen molar-refractivity contribution in [2.24, 2.45) is 0 Å². The number of hydrogen-bond donors (Lipinski definition) is 2. The molecule has 1 saturated heterocycles. The van der Waals surface area contributed by atoms with Crippen molar-refractivity contribution in [3.8, 4) is 0 Å². The fourth-order valence-electron chi connectivity index (χ4n) is 3.26. The first-order valence-corrected chi connectivity index (χ1v) is 8.91. The third kappa shape index (κ3) is 4.14. The zero-order valence-corrected chi connectivity index (χ0v) is 14.9. The van der Waals surface area contributed by atoms with Crippen LogP contribution in [0.3, 0.4) is 0 Å². The van der Waals surface area contributed by atoms with Gasteiger partial charge in [0.2, 0.25) is 0 Å². The van der Waals surface area contributed by atoms with Crippen molar-refractivity contribution in [2.45, 2.75) is 25.8 Å². The first-order valence-electron chi connectivity index (χ1n) is 8.54. The number of esters is 1. The maximum absolute atomic E-state index is 12.6. The molecule has 0 unspecified atom stereocenters. The number of nitrogens with one attached hydrogen (secondary N) is 2. The van der Waals surface area contributed by atoms with E-state index in [4.69, 9.17) is 16.3 Å². The molecule has 134 valence electrons. The SMILES string of the molecule is CCOC(=O)C1=C(CN2CCCC2)NC(=O)N[C@H]1c1ccc(Cl)cc1. The van der Waals surface area contributed by atoms with Crippen LogP contribution < -0.4 is 10.6 Å². The standard InChI is InChI=1S/C18H22ClN3O3/c1-2-25-17(23)15-14(11-22-9-3-4-10-22)20-18(24)21-16(15)12-5-7-13(19)8-6-12/h5-8,16H,2-4,9-11H2,1H3,(H2,20,21,24)/t16-/m0/s1. The molecule has 0 bridgehead atoms. The summed E-state index contributed by atoms with van der Waals surface area (Å²) in [5, 5.41) is 6.23. The molecular weight excluding hydrogens is 342 g/mol. The quantitative estimate of drug-likeness (QED) is 0.789. The monoisotopic (exact) mass is 363 g/mol. The molecule has 1 atom stereocenters. The predicted molar refractivity (Wildman–Crippen MR) is 95.2 cm³/mol. The molecular formula is C18H22ClN3O3. The largest absolute Gasteiger partial charge is 0.463 e. The Morgan fingerprint density at radius 3 is 2.60 bits per heavy atom. The lowest BCUT2D eigenvalue weighted by molar-refractivity contribution is -0.139. The number of urea groups is 1. The van der Waals surface area contributed by atoms with Crippen LogP contribution in [0, 0.1) is 0 Å². The third-order valence-electron chi connectivity index (χ3n) is 4.43. The Kier molecular flexibility index (Phi) is 5.60. The molecule has 1 aromatic carbocycles. The molecule has 2 N–H and O–H groups in total. The van der Waals surface area contributed by atoms with Crippen molar-refractivity contribution < 1.29 is 14.3 Å². The second-order valence-electron chi connectivity index (χ2n) is 6.18. The second-order valence-corrected chi connectivity index (χ2v) is 6.62. The van der Waals surface area contributed by atoms with Gasteiger partial charge in [-0.15, -0.1) is 0 Å². The molecule has 1 aromatic rings. The van der Waals surface area contributed by atoms with E-state index in [-0.39, 0.29) is 12.6 Å². The summed E-state index contributed by atoms with van der Waals surface area (Å²) in [6, 6.07) is 6.24. The van der Waals surface area contributed by atoms with E-state index < -0.39 is 12.0 Å². The molecule has 6 nitrogen and oxygen atoms in total. The van der Waals surface area contributed by atoms with Gasteiger partial charge in [-0.05, 0) is 50.6 Å². The lowest BCUT2D eigenvalue weighted by atomic mass is 9.95. The van der Waals surface area contributed by atoms with Gasteiger partial charge in [0.05, 0.1) is 18.2 Å². The van der Waals surface area contributed by atoms with Crippen LogP contribution >= 0.6 is 11.6 Å². The van der Waals surface area contributed by atoms with Gasteiger partial charge in [0.25, 0.3) is 0 Å². The molecule has 25 heavy (non-hydrogen) atoms. The summed E-state index contributed by atoms with van der Waals surface area (Å²) in [7, 11) is 0. The summed E-state index contributed by atoms with van der Waals surface area (Å²) in [6.07, 6.45) is 2.27. The summed E-state index contributed by atoms with van der Waals surface area (Å²) in [5.74, 6) is -0.413. The van der Waals surface area contributed by atoms with Gasteiger partial charge in [-0.3, -0.25) is 4.90 Å². The number of ether oxygens (including phenoxy) is 1. The highest BCUT2D eigenvalue weighted by Crippen LogP contribution is 2.29. The Morgan fingerprint density at radius 2 is 1.96 bits per heavy atom. The Morgan fingerprint density at radius 1 is 1.28 bits per heavy atom. The highest BCUT2D eigenvalue weighted by molar-refractivity contribution is 6.30. The lowest BCUT2D eigenvalue weighted by Gasteiger charge is -2.31. The predicted octanol–water partition coefficient (Wildman–Crippen LogP) is 2.61. The fourth-order valence-corrected chi connectivity index (χ4v) is 3.39. The molecule has 7 heteroatoms. The number of nitrogens with zero attached hydrogens (tertiary/aromatic N) is 1. The van der Waals surface area contributed by atoms with Crippen LogP contribution in [0.5, 0.6) is 0 Å². The van der Waals surface area contributed by atoms with Gasteiger partial charge in [-0.25, -0.2) is 9.59 Å². The highest BCUT2D eigenvalue weighted by Gasteiger charge is 2.34. The van der Waals surface area contributed by atoms with E-state index in [0.717, 1.165) is 31.5 Å². The number of rotatable bonds is 5. The molecule has 0 aliphatic carbocycles. The van der Waals surface area contributed by atoms with Gasteiger partial charge in [0.15, 0.2) is 0 Å². The van der Waals surface area contributed by atoms with Gasteiger partial charge >= 0.3 is 12.0 Å². The summed E-state index contributed by atoms with van der Waals surface area (Å²) in [5.41, 5.74) is 1.86. The Labute approximate surface area is 152 Å². The molecule has 2 aliphatic rings. The summed E-state index contributed by atoms with van der Waals surface area (Å²) in [4.78, 5) is 27.0. The van der Waals surface area contributed by atoms with E-state index in [0.29, 0.717) is 22.8 Å².